The average molecular weight is 489 g/mol. The van der Waals surface area contributed by atoms with Crippen molar-refractivity contribution in [2.24, 2.45) is 0 Å². The summed E-state index contributed by atoms with van der Waals surface area (Å²) in [5.74, 6) is 2.15. The van der Waals surface area contributed by atoms with Crippen molar-refractivity contribution in [3.05, 3.63) is 75.8 Å². The van der Waals surface area contributed by atoms with Gasteiger partial charge in [0, 0.05) is 17.7 Å². The van der Waals surface area contributed by atoms with Crippen LogP contribution in [0.3, 0.4) is 0 Å². The summed E-state index contributed by atoms with van der Waals surface area (Å²) in [6.45, 7) is 0.490. The van der Waals surface area contributed by atoms with Crippen molar-refractivity contribution in [2.75, 3.05) is 21.3 Å². The summed E-state index contributed by atoms with van der Waals surface area (Å²) in [6, 6.07) is 15.5. The zero-order chi connectivity index (χ0) is 25.1. The number of aromatic nitrogens is 5. The molecule has 0 amide bonds. The predicted octanol–water partition coefficient (Wildman–Crippen LogP) is 3.93. The van der Waals surface area contributed by atoms with E-state index in [-0.39, 0.29) is 5.56 Å². The van der Waals surface area contributed by atoms with Gasteiger partial charge in [-0.25, -0.2) is 4.68 Å². The van der Waals surface area contributed by atoms with E-state index in [0.29, 0.717) is 29.7 Å². The number of rotatable bonds is 8. The van der Waals surface area contributed by atoms with Gasteiger partial charge in [-0.15, -0.1) is 5.10 Å². The summed E-state index contributed by atoms with van der Waals surface area (Å²) in [6.07, 6.45) is 5.81. The number of ether oxygens (including phenoxy) is 2. The fourth-order valence-corrected chi connectivity index (χ4v) is 5.19. The Morgan fingerprint density at radius 2 is 1.75 bits per heavy atom. The monoisotopic (exact) mass is 488 g/mol. The molecule has 5 rings (SSSR count). The number of nitrogens with one attached hydrogen (secondary N) is 1. The van der Waals surface area contributed by atoms with Gasteiger partial charge in [0.15, 0.2) is 5.82 Å². The number of benzene rings is 2. The highest BCUT2D eigenvalue weighted by atomic mass is 16.5. The Labute approximate surface area is 210 Å². The average Bonchev–Trinajstić information content (AvgIpc) is 3.37. The molecule has 9 nitrogen and oxygen atoms in total. The standard InChI is InChI=1S/C27H32N6O3/c1-32(20-7-5-4-6-8-20)25(23-15-19-11-14-22(36-3)16-24(19)28-27(23)34)26-29-30-31-33(26)17-18-9-12-21(35-2)13-10-18/h9-16,20,25H,4-8,17H2,1-3H3,(H,28,34). The Morgan fingerprint density at radius 3 is 2.47 bits per heavy atom. The lowest BCUT2D eigenvalue weighted by Gasteiger charge is -2.36. The molecule has 1 atom stereocenters. The van der Waals surface area contributed by atoms with Gasteiger partial charge in [-0.1, -0.05) is 31.4 Å². The number of tetrazole rings is 1. The van der Waals surface area contributed by atoms with Crippen molar-refractivity contribution in [3.63, 3.8) is 0 Å². The molecule has 2 aromatic heterocycles. The van der Waals surface area contributed by atoms with Crippen LogP contribution < -0.4 is 15.0 Å². The van der Waals surface area contributed by atoms with Crippen LogP contribution in [0, 0.1) is 0 Å². The second kappa shape index (κ2) is 10.5. The Balaban J connectivity index is 1.58. The number of methoxy groups -OCH3 is 2. The smallest absolute Gasteiger partial charge is 0.253 e. The van der Waals surface area contributed by atoms with Crippen molar-refractivity contribution < 1.29 is 9.47 Å². The van der Waals surface area contributed by atoms with Crippen molar-refractivity contribution in [3.8, 4) is 11.5 Å². The van der Waals surface area contributed by atoms with Crippen LogP contribution in [0.2, 0.25) is 0 Å². The number of aromatic amines is 1. The third-order valence-corrected chi connectivity index (χ3v) is 7.23. The Hall–Kier alpha value is -3.72. The number of H-pyrrole nitrogens is 1. The van der Waals surface area contributed by atoms with Crippen LogP contribution in [0.4, 0.5) is 0 Å². The first-order valence-electron chi connectivity index (χ1n) is 12.4. The van der Waals surface area contributed by atoms with E-state index in [1.165, 1.54) is 19.3 Å². The molecule has 1 aliphatic carbocycles. The number of nitrogens with zero attached hydrogens (tertiary/aromatic N) is 5. The maximum absolute atomic E-state index is 13.5. The third kappa shape index (κ3) is 4.83. The molecule has 188 valence electrons. The van der Waals surface area contributed by atoms with Crippen molar-refractivity contribution in [1.29, 1.82) is 0 Å². The summed E-state index contributed by atoms with van der Waals surface area (Å²) >= 11 is 0. The first-order chi connectivity index (χ1) is 17.6. The second-order valence-electron chi connectivity index (χ2n) is 9.41. The zero-order valence-electron chi connectivity index (χ0n) is 21.0. The van der Waals surface area contributed by atoms with E-state index in [1.807, 2.05) is 48.5 Å². The second-order valence-corrected chi connectivity index (χ2v) is 9.41. The first-order valence-corrected chi connectivity index (χ1v) is 12.4. The molecule has 0 aliphatic heterocycles. The summed E-state index contributed by atoms with van der Waals surface area (Å²) in [5, 5.41) is 13.7. The van der Waals surface area contributed by atoms with Crippen molar-refractivity contribution in [2.45, 2.75) is 50.7 Å². The lowest BCUT2D eigenvalue weighted by atomic mass is 9.92. The molecule has 1 aliphatic rings. The van der Waals surface area contributed by atoms with E-state index in [4.69, 9.17) is 9.47 Å². The van der Waals surface area contributed by atoms with E-state index >= 15 is 0 Å². The maximum atomic E-state index is 13.5. The van der Waals surface area contributed by atoms with Gasteiger partial charge in [-0.05, 0) is 71.6 Å². The highest BCUT2D eigenvalue weighted by molar-refractivity contribution is 5.80. The fourth-order valence-electron chi connectivity index (χ4n) is 5.19. The molecule has 0 bridgehead atoms. The molecule has 2 heterocycles. The molecule has 9 heteroatoms. The van der Waals surface area contributed by atoms with Crippen LogP contribution >= 0.6 is 0 Å². The molecule has 1 saturated carbocycles. The minimum atomic E-state index is -0.392. The summed E-state index contributed by atoms with van der Waals surface area (Å²) in [4.78, 5) is 18.8. The third-order valence-electron chi connectivity index (χ3n) is 7.23. The van der Waals surface area contributed by atoms with Crippen LogP contribution in [0.15, 0.2) is 53.3 Å². The van der Waals surface area contributed by atoms with Gasteiger partial charge in [-0.3, -0.25) is 9.69 Å². The van der Waals surface area contributed by atoms with Gasteiger partial charge in [0.05, 0.1) is 26.3 Å². The highest BCUT2D eigenvalue weighted by Gasteiger charge is 2.33. The largest absolute Gasteiger partial charge is 0.497 e. The molecule has 1 fully saturated rings. The van der Waals surface area contributed by atoms with Crippen LogP contribution in [-0.4, -0.2) is 57.4 Å². The minimum Gasteiger partial charge on any atom is -0.497 e. The van der Waals surface area contributed by atoms with Gasteiger partial charge in [0.1, 0.15) is 17.5 Å². The van der Waals surface area contributed by atoms with E-state index in [9.17, 15) is 4.79 Å². The SMILES string of the molecule is COc1ccc(Cn2nnnc2C(c2cc3ccc(OC)cc3[nH]c2=O)N(C)C2CCCCC2)cc1. The van der Waals surface area contributed by atoms with Gasteiger partial charge in [-0.2, -0.15) is 0 Å². The Morgan fingerprint density at radius 1 is 1.03 bits per heavy atom. The van der Waals surface area contributed by atoms with E-state index < -0.39 is 6.04 Å². The molecule has 0 radical (unpaired) electrons. The molecule has 1 N–H and O–H groups in total. The predicted molar refractivity (Wildman–Crippen MR) is 138 cm³/mol. The molecular weight excluding hydrogens is 456 g/mol. The number of hydrogen-bond donors (Lipinski definition) is 1. The number of hydrogen-bond acceptors (Lipinski definition) is 7. The summed E-state index contributed by atoms with van der Waals surface area (Å²) in [5.41, 5.74) is 2.26. The van der Waals surface area contributed by atoms with Gasteiger partial charge < -0.3 is 14.5 Å². The van der Waals surface area contributed by atoms with Crippen molar-refractivity contribution in [1.82, 2.24) is 30.1 Å². The first kappa shape index (κ1) is 24.0. The van der Waals surface area contributed by atoms with Crippen molar-refractivity contribution >= 4 is 10.9 Å². The Kier molecular flexibility index (Phi) is 6.99. The van der Waals surface area contributed by atoms with E-state index in [2.05, 4.69) is 32.5 Å². The lowest BCUT2D eigenvalue weighted by molar-refractivity contribution is 0.149. The summed E-state index contributed by atoms with van der Waals surface area (Å²) in [7, 11) is 5.35. The minimum absolute atomic E-state index is 0.151. The van der Waals surface area contributed by atoms with E-state index in [0.717, 1.165) is 35.1 Å². The fraction of sp³-hybridized carbons (Fsp3) is 0.407. The van der Waals surface area contributed by atoms with Gasteiger partial charge in [0.2, 0.25) is 0 Å². The van der Waals surface area contributed by atoms with Gasteiger partial charge >= 0.3 is 0 Å². The quantitative estimate of drug-likeness (QED) is 0.401. The van der Waals surface area contributed by atoms with E-state index in [1.54, 1.807) is 18.9 Å². The topological polar surface area (TPSA) is 98.2 Å². The normalized spacial score (nSPS) is 15.3. The van der Waals surface area contributed by atoms with Crippen LogP contribution in [0.5, 0.6) is 11.5 Å². The number of fused-ring (bicyclic) bond motifs is 1. The Bertz CT molecular complexity index is 1370. The maximum Gasteiger partial charge on any atom is 0.253 e. The molecular formula is C27H32N6O3. The van der Waals surface area contributed by atoms with Crippen LogP contribution in [0.1, 0.15) is 55.1 Å². The molecule has 2 aromatic carbocycles. The summed E-state index contributed by atoms with van der Waals surface area (Å²) < 4.78 is 12.4. The molecule has 0 saturated heterocycles. The van der Waals surface area contributed by atoms with Gasteiger partial charge in [0.25, 0.3) is 5.56 Å². The molecule has 4 aromatic rings. The highest BCUT2D eigenvalue weighted by Crippen LogP contribution is 2.32. The molecule has 1 unspecified atom stereocenters. The van der Waals surface area contributed by atoms with Crippen LogP contribution in [-0.2, 0) is 6.54 Å². The molecule has 0 spiro atoms. The molecule has 36 heavy (non-hydrogen) atoms. The lowest BCUT2D eigenvalue weighted by Crippen LogP contribution is -2.40. The zero-order valence-corrected chi connectivity index (χ0v) is 21.0. The number of pyridine rings is 1. The van der Waals surface area contributed by atoms with Crippen LogP contribution in [0.25, 0.3) is 10.9 Å².